The first-order valence-electron chi connectivity index (χ1n) is 12.0. The largest absolute Gasteiger partial charge is 0.467 e. The number of aromatic nitrogens is 2. The number of benzene rings is 2. The molecule has 0 spiro atoms. The number of hydrogen-bond donors (Lipinski definition) is 1. The van der Waals surface area contributed by atoms with Crippen molar-refractivity contribution in [1.82, 2.24) is 19.2 Å². The van der Waals surface area contributed by atoms with Crippen molar-refractivity contribution in [3.05, 3.63) is 57.3 Å². The Labute approximate surface area is 237 Å². The standard InChI is InChI=1S/C25H28Cl3N5O4S/c1-15(2)23(25(34)37-3)31-24-16-6-4-5-7-20(16)29-22(30-24)14-32-8-10-33(11-9-32)38(35,36)21-13-18(27)17(26)12-19(21)28/h4-7,12-13,15,23H,8-11,14H2,1-3H3,(H,29,30,31)/t23-/m0/s1. The van der Waals surface area contributed by atoms with E-state index in [1.165, 1.54) is 23.5 Å². The summed E-state index contributed by atoms with van der Waals surface area (Å²) in [7, 11) is -2.49. The summed E-state index contributed by atoms with van der Waals surface area (Å²) in [5.74, 6) is 0.704. The van der Waals surface area contributed by atoms with Crippen LogP contribution in [0.25, 0.3) is 10.9 Å². The van der Waals surface area contributed by atoms with E-state index < -0.39 is 16.1 Å². The molecule has 1 N–H and O–H groups in total. The van der Waals surface area contributed by atoms with Crippen molar-refractivity contribution in [1.29, 1.82) is 0 Å². The number of nitrogens with one attached hydrogen (secondary N) is 1. The van der Waals surface area contributed by atoms with E-state index in [9.17, 15) is 13.2 Å². The minimum atomic E-state index is -3.85. The van der Waals surface area contributed by atoms with E-state index in [-0.39, 0.29) is 44.9 Å². The fourth-order valence-electron chi connectivity index (χ4n) is 4.25. The number of fused-ring (bicyclic) bond motifs is 1. The maximum atomic E-state index is 13.2. The average molecular weight is 601 g/mol. The van der Waals surface area contributed by atoms with Gasteiger partial charge in [-0.25, -0.2) is 23.2 Å². The van der Waals surface area contributed by atoms with Crippen LogP contribution in [0.3, 0.4) is 0 Å². The molecule has 0 unspecified atom stereocenters. The molecule has 204 valence electrons. The van der Waals surface area contributed by atoms with Gasteiger partial charge in [0, 0.05) is 31.6 Å². The fourth-order valence-corrected chi connectivity index (χ4v) is 6.64. The van der Waals surface area contributed by atoms with Crippen molar-refractivity contribution < 1.29 is 17.9 Å². The monoisotopic (exact) mass is 599 g/mol. The van der Waals surface area contributed by atoms with E-state index >= 15 is 0 Å². The molecule has 1 aliphatic rings. The third kappa shape index (κ3) is 6.16. The minimum absolute atomic E-state index is 0.0260. The summed E-state index contributed by atoms with van der Waals surface area (Å²) >= 11 is 18.2. The van der Waals surface area contributed by atoms with Crippen LogP contribution < -0.4 is 5.32 Å². The van der Waals surface area contributed by atoms with Gasteiger partial charge in [0.1, 0.15) is 22.6 Å². The lowest BCUT2D eigenvalue weighted by atomic mass is 10.0. The molecule has 9 nitrogen and oxygen atoms in total. The Bertz CT molecular complexity index is 1450. The van der Waals surface area contributed by atoms with Gasteiger partial charge in [0.05, 0.1) is 34.2 Å². The molecule has 1 aromatic heterocycles. The average Bonchev–Trinajstić information content (AvgIpc) is 2.88. The Morgan fingerprint density at radius 3 is 2.34 bits per heavy atom. The number of piperazine rings is 1. The molecule has 1 fully saturated rings. The van der Waals surface area contributed by atoms with E-state index in [4.69, 9.17) is 49.5 Å². The zero-order chi connectivity index (χ0) is 27.6. The Kier molecular flexibility index (Phi) is 9.01. The van der Waals surface area contributed by atoms with Crippen LogP contribution in [-0.2, 0) is 26.1 Å². The Morgan fingerprint density at radius 2 is 1.68 bits per heavy atom. The maximum Gasteiger partial charge on any atom is 0.328 e. The van der Waals surface area contributed by atoms with Gasteiger partial charge in [-0.15, -0.1) is 0 Å². The number of para-hydroxylation sites is 1. The lowest BCUT2D eigenvalue weighted by molar-refractivity contribution is -0.142. The maximum absolute atomic E-state index is 13.2. The van der Waals surface area contributed by atoms with Gasteiger partial charge >= 0.3 is 5.97 Å². The predicted molar refractivity (Wildman–Crippen MR) is 149 cm³/mol. The van der Waals surface area contributed by atoms with Crippen molar-refractivity contribution in [2.24, 2.45) is 5.92 Å². The van der Waals surface area contributed by atoms with Gasteiger partial charge < -0.3 is 10.1 Å². The first-order chi connectivity index (χ1) is 18.0. The predicted octanol–water partition coefficient (Wildman–Crippen LogP) is 4.71. The quantitative estimate of drug-likeness (QED) is 0.293. The highest BCUT2D eigenvalue weighted by Crippen LogP contribution is 2.33. The number of esters is 1. The van der Waals surface area contributed by atoms with Crippen LogP contribution in [0.4, 0.5) is 5.82 Å². The van der Waals surface area contributed by atoms with Crippen molar-refractivity contribution >= 4 is 67.5 Å². The molecule has 1 saturated heterocycles. The molecule has 13 heteroatoms. The van der Waals surface area contributed by atoms with Crippen molar-refractivity contribution in [3.8, 4) is 0 Å². The highest BCUT2D eigenvalue weighted by atomic mass is 35.5. The van der Waals surface area contributed by atoms with Gasteiger partial charge in [-0.3, -0.25) is 4.90 Å². The SMILES string of the molecule is COC(=O)[C@@H](Nc1nc(CN2CCN(S(=O)(=O)c3cc(Cl)c(Cl)cc3Cl)CC2)nc2ccccc12)C(C)C. The minimum Gasteiger partial charge on any atom is -0.467 e. The summed E-state index contributed by atoms with van der Waals surface area (Å²) in [6, 6.07) is 9.60. The Balaban J connectivity index is 1.51. The first kappa shape index (κ1) is 28.8. The fraction of sp³-hybridized carbons (Fsp3) is 0.400. The van der Waals surface area contributed by atoms with E-state index in [2.05, 4.69) is 10.2 Å². The van der Waals surface area contributed by atoms with Crippen LogP contribution in [0.15, 0.2) is 41.3 Å². The molecule has 3 aromatic rings. The molecule has 2 aromatic carbocycles. The number of ether oxygens (including phenoxy) is 1. The number of sulfonamides is 1. The van der Waals surface area contributed by atoms with E-state index in [0.29, 0.717) is 31.3 Å². The molecule has 2 heterocycles. The van der Waals surface area contributed by atoms with Gasteiger partial charge in [0.15, 0.2) is 0 Å². The summed E-state index contributed by atoms with van der Waals surface area (Å²) < 4.78 is 32.8. The molecule has 0 amide bonds. The number of methoxy groups -OCH3 is 1. The topological polar surface area (TPSA) is 105 Å². The number of halogens is 3. The lowest BCUT2D eigenvalue weighted by Gasteiger charge is -2.33. The molecule has 0 bridgehead atoms. The number of rotatable bonds is 8. The molecule has 1 aliphatic heterocycles. The van der Waals surface area contributed by atoms with Crippen LogP contribution in [0.1, 0.15) is 19.7 Å². The summed E-state index contributed by atoms with van der Waals surface area (Å²) in [6.07, 6.45) is 0. The van der Waals surface area contributed by atoms with E-state index in [1.54, 1.807) is 0 Å². The highest BCUT2D eigenvalue weighted by Gasteiger charge is 2.31. The van der Waals surface area contributed by atoms with Gasteiger partial charge in [0.2, 0.25) is 10.0 Å². The number of carbonyl (C=O) groups excluding carboxylic acids is 1. The summed E-state index contributed by atoms with van der Waals surface area (Å²) in [5.41, 5.74) is 0.739. The van der Waals surface area contributed by atoms with Crippen LogP contribution in [0.2, 0.25) is 15.1 Å². The lowest BCUT2D eigenvalue weighted by Crippen LogP contribution is -2.48. The molecular weight excluding hydrogens is 573 g/mol. The van der Waals surface area contributed by atoms with Gasteiger partial charge in [0.25, 0.3) is 0 Å². The second-order valence-electron chi connectivity index (χ2n) is 9.27. The smallest absolute Gasteiger partial charge is 0.328 e. The molecular formula is C25H28Cl3N5O4S. The van der Waals surface area contributed by atoms with Crippen molar-refractivity contribution in [2.45, 2.75) is 31.3 Å². The second kappa shape index (κ2) is 11.9. The zero-order valence-electron chi connectivity index (χ0n) is 21.1. The summed E-state index contributed by atoms with van der Waals surface area (Å²) in [4.78, 5) is 23.8. The van der Waals surface area contributed by atoms with Crippen molar-refractivity contribution in [2.75, 3.05) is 38.6 Å². The van der Waals surface area contributed by atoms with Crippen LogP contribution >= 0.6 is 34.8 Å². The molecule has 0 aliphatic carbocycles. The number of nitrogens with zero attached hydrogens (tertiary/aromatic N) is 4. The van der Waals surface area contributed by atoms with Gasteiger partial charge in [-0.1, -0.05) is 60.8 Å². The number of anilines is 1. The summed E-state index contributed by atoms with van der Waals surface area (Å²) in [5, 5.41) is 4.38. The molecule has 38 heavy (non-hydrogen) atoms. The van der Waals surface area contributed by atoms with Crippen LogP contribution in [-0.4, -0.2) is 72.9 Å². The zero-order valence-corrected chi connectivity index (χ0v) is 24.2. The Morgan fingerprint density at radius 1 is 1.03 bits per heavy atom. The molecule has 1 atom stereocenters. The Hall–Kier alpha value is -2.21. The first-order valence-corrected chi connectivity index (χ1v) is 14.6. The highest BCUT2D eigenvalue weighted by molar-refractivity contribution is 7.89. The molecule has 0 radical (unpaired) electrons. The number of carbonyl (C=O) groups is 1. The molecule has 0 saturated carbocycles. The van der Waals surface area contributed by atoms with E-state index in [0.717, 1.165) is 10.9 Å². The van der Waals surface area contributed by atoms with Gasteiger partial charge in [-0.2, -0.15) is 4.31 Å². The third-order valence-electron chi connectivity index (χ3n) is 6.35. The van der Waals surface area contributed by atoms with Crippen molar-refractivity contribution in [3.63, 3.8) is 0 Å². The van der Waals surface area contributed by atoms with Crippen LogP contribution in [0, 0.1) is 5.92 Å². The van der Waals surface area contributed by atoms with E-state index in [1.807, 2.05) is 38.1 Å². The summed E-state index contributed by atoms with van der Waals surface area (Å²) in [6.45, 7) is 5.72. The van der Waals surface area contributed by atoms with Gasteiger partial charge in [-0.05, 0) is 30.2 Å². The second-order valence-corrected chi connectivity index (χ2v) is 12.4. The molecule has 4 rings (SSSR count). The van der Waals surface area contributed by atoms with Crippen LogP contribution in [0.5, 0.6) is 0 Å². The number of hydrogen-bond acceptors (Lipinski definition) is 8. The third-order valence-corrected chi connectivity index (χ3v) is 9.44. The normalized spacial score (nSPS) is 16.1.